The number of furan rings is 1. The normalized spacial score (nSPS) is 11.8. The fraction of sp³-hybridized carbons (Fsp3) is 0.143. The van der Waals surface area contributed by atoms with Crippen LogP contribution in [0.4, 0.5) is 5.69 Å². The summed E-state index contributed by atoms with van der Waals surface area (Å²) in [5, 5.41) is 3.29. The second-order valence-corrected chi connectivity index (χ2v) is 5.89. The maximum atomic E-state index is 12.0. The SMILES string of the molecule is CC(OC(=O)c1ccc(Br)o1)C(=O)Nc1ccc(Cl)cc1Cl. The van der Waals surface area contributed by atoms with Gasteiger partial charge in [-0.2, -0.15) is 0 Å². The molecule has 0 radical (unpaired) electrons. The van der Waals surface area contributed by atoms with Crippen LogP contribution in [0.3, 0.4) is 0 Å². The van der Waals surface area contributed by atoms with E-state index in [-0.39, 0.29) is 10.8 Å². The molecule has 0 bridgehead atoms. The van der Waals surface area contributed by atoms with Crippen molar-refractivity contribution in [3.05, 3.63) is 50.8 Å². The average molecular weight is 407 g/mol. The second kappa shape index (κ2) is 7.17. The third-order valence-electron chi connectivity index (χ3n) is 2.62. The van der Waals surface area contributed by atoms with Crippen LogP contribution in [0.25, 0.3) is 0 Å². The molecule has 0 aliphatic rings. The predicted molar refractivity (Wildman–Crippen MR) is 86.4 cm³/mol. The Morgan fingerprint density at radius 1 is 1.27 bits per heavy atom. The van der Waals surface area contributed by atoms with Crippen LogP contribution in [0.5, 0.6) is 0 Å². The van der Waals surface area contributed by atoms with Crippen LogP contribution in [-0.2, 0) is 9.53 Å². The summed E-state index contributed by atoms with van der Waals surface area (Å²) in [5.41, 5.74) is 0.375. The molecular formula is C14H10BrCl2NO4. The minimum Gasteiger partial charge on any atom is -0.447 e. The highest BCUT2D eigenvalue weighted by Crippen LogP contribution is 2.25. The van der Waals surface area contributed by atoms with E-state index in [9.17, 15) is 9.59 Å². The zero-order valence-electron chi connectivity index (χ0n) is 11.2. The molecule has 116 valence electrons. The Labute approximate surface area is 144 Å². The summed E-state index contributed by atoms with van der Waals surface area (Å²) in [7, 11) is 0. The summed E-state index contributed by atoms with van der Waals surface area (Å²) in [4.78, 5) is 23.8. The first-order valence-electron chi connectivity index (χ1n) is 6.09. The molecule has 1 aromatic heterocycles. The number of amides is 1. The van der Waals surface area contributed by atoms with Gasteiger partial charge >= 0.3 is 5.97 Å². The van der Waals surface area contributed by atoms with Crippen molar-refractivity contribution in [3.8, 4) is 0 Å². The van der Waals surface area contributed by atoms with Crippen LogP contribution < -0.4 is 5.32 Å². The Kier molecular flexibility index (Phi) is 5.50. The summed E-state index contributed by atoms with van der Waals surface area (Å²) in [6, 6.07) is 7.62. The molecule has 1 N–H and O–H groups in total. The number of rotatable bonds is 4. The highest BCUT2D eigenvalue weighted by Gasteiger charge is 2.21. The van der Waals surface area contributed by atoms with Crippen LogP contribution in [-0.4, -0.2) is 18.0 Å². The third-order valence-corrected chi connectivity index (χ3v) is 3.59. The van der Waals surface area contributed by atoms with Crippen molar-refractivity contribution >= 4 is 56.7 Å². The highest BCUT2D eigenvalue weighted by atomic mass is 79.9. The van der Waals surface area contributed by atoms with Crippen molar-refractivity contribution < 1.29 is 18.7 Å². The van der Waals surface area contributed by atoms with E-state index in [0.29, 0.717) is 15.4 Å². The summed E-state index contributed by atoms with van der Waals surface area (Å²) < 4.78 is 10.5. The van der Waals surface area contributed by atoms with E-state index in [2.05, 4.69) is 21.2 Å². The van der Waals surface area contributed by atoms with Crippen molar-refractivity contribution in [2.24, 2.45) is 0 Å². The first-order chi connectivity index (χ1) is 10.4. The van der Waals surface area contributed by atoms with Gasteiger partial charge in [-0.15, -0.1) is 0 Å². The Morgan fingerprint density at radius 3 is 2.59 bits per heavy atom. The summed E-state index contributed by atoms with van der Waals surface area (Å²) in [6.07, 6.45) is -1.02. The maximum absolute atomic E-state index is 12.0. The Morgan fingerprint density at radius 2 is 2.00 bits per heavy atom. The quantitative estimate of drug-likeness (QED) is 0.757. The molecule has 2 rings (SSSR count). The van der Waals surface area contributed by atoms with Crippen LogP contribution in [0, 0.1) is 0 Å². The fourth-order valence-corrected chi connectivity index (χ4v) is 2.28. The molecule has 0 aliphatic carbocycles. The number of nitrogens with one attached hydrogen (secondary N) is 1. The van der Waals surface area contributed by atoms with Gasteiger partial charge < -0.3 is 14.5 Å². The van der Waals surface area contributed by atoms with Crippen molar-refractivity contribution in [3.63, 3.8) is 0 Å². The molecule has 1 heterocycles. The first-order valence-corrected chi connectivity index (χ1v) is 7.64. The molecule has 8 heteroatoms. The van der Waals surface area contributed by atoms with Gasteiger partial charge in [0, 0.05) is 5.02 Å². The van der Waals surface area contributed by atoms with Gasteiger partial charge in [-0.1, -0.05) is 23.2 Å². The van der Waals surface area contributed by atoms with E-state index in [1.807, 2.05) is 0 Å². The zero-order valence-corrected chi connectivity index (χ0v) is 14.3. The zero-order chi connectivity index (χ0) is 16.3. The Bertz CT molecular complexity index is 717. The largest absolute Gasteiger partial charge is 0.447 e. The molecule has 0 spiro atoms. The van der Waals surface area contributed by atoms with Gasteiger partial charge in [-0.25, -0.2) is 4.79 Å². The molecular weight excluding hydrogens is 397 g/mol. The summed E-state index contributed by atoms with van der Waals surface area (Å²) in [5.74, 6) is -1.27. The van der Waals surface area contributed by atoms with E-state index in [1.165, 1.54) is 19.1 Å². The van der Waals surface area contributed by atoms with Gasteiger partial charge in [0.15, 0.2) is 10.8 Å². The van der Waals surface area contributed by atoms with Crippen LogP contribution >= 0.6 is 39.1 Å². The smallest absolute Gasteiger partial charge is 0.375 e. The molecule has 2 aromatic rings. The van der Waals surface area contributed by atoms with Crippen LogP contribution in [0.15, 0.2) is 39.4 Å². The number of esters is 1. The standard InChI is InChI=1S/C14H10BrCl2NO4/c1-7(21-14(20)11-4-5-12(15)22-11)13(19)18-10-3-2-8(16)6-9(10)17/h2-7H,1H3,(H,18,19). The van der Waals surface area contributed by atoms with E-state index in [4.69, 9.17) is 32.4 Å². The van der Waals surface area contributed by atoms with Gasteiger partial charge in [0.1, 0.15) is 0 Å². The molecule has 5 nitrogen and oxygen atoms in total. The molecule has 0 aliphatic heterocycles. The maximum Gasteiger partial charge on any atom is 0.375 e. The van der Waals surface area contributed by atoms with Crippen molar-refractivity contribution in [1.29, 1.82) is 0 Å². The molecule has 0 saturated carbocycles. The third kappa shape index (κ3) is 4.25. The molecule has 1 amide bonds. The lowest BCUT2D eigenvalue weighted by Gasteiger charge is -2.13. The topological polar surface area (TPSA) is 68.5 Å². The Hall–Kier alpha value is -1.50. The van der Waals surface area contributed by atoms with Crippen LogP contribution in [0.1, 0.15) is 17.5 Å². The highest BCUT2D eigenvalue weighted by molar-refractivity contribution is 9.10. The number of benzene rings is 1. The van der Waals surface area contributed by atoms with E-state index in [1.54, 1.807) is 18.2 Å². The molecule has 0 saturated heterocycles. The summed E-state index contributed by atoms with van der Waals surface area (Å²) >= 11 is 14.8. The van der Waals surface area contributed by atoms with Crippen molar-refractivity contribution in [2.75, 3.05) is 5.32 Å². The molecule has 1 atom stereocenters. The van der Waals surface area contributed by atoms with Crippen molar-refractivity contribution in [2.45, 2.75) is 13.0 Å². The number of anilines is 1. The number of carbonyl (C=O) groups is 2. The average Bonchev–Trinajstić information content (AvgIpc) is 2.88. The Balaban J connectivity index is 1.98. The van der Waals surface area contributed by atoms with Gasteiger partial charge in [-0.05, 0) is 53.2 Å². The summed E-state index contributed by atoms with van der Waals surface area (Å²) in [6.45, 7) is 1.44. The van der Waals surface area contributed by atoms with E-state index < -0.39 is 18.0 Å². The number of hydrogen-bond donors (Lipinski definition) is 1. The fourth-order valence-electron chi connectivity index (χ4n) is 1.52. The van der Waals surface area contributed by atoms with Crippen LogP contribution in [0.2, 0.25) is 10.0 Å². The number of hydrogen-bond acceptors (Lipinski definition) is 4. The minimum absolute atomic E-state index is 0.00366. The lowest BCUT2D eigenvalue weighted by molar-refractivity contribution is -0.123. The lowest BCUT2D eigenvalue weighted by Crippen LogP contribution is -2.30. The van der Waals surface area contributed by atoms with E-state index in [0.717, 1.165) is 0 Å². The molecule has 1 aromatic carbocycles. The molecule has 0 fully saturated rings. The minimum atomic E-state index is -1.02. The molecule has 22 heavy (non-hydrogen) atoms. The lowest BCUT2D eigenvalue weighted by atomic mass is 10.3. The first kappa shape index (κ1) is 16.9. The monoisotopic (exact) mass is 405 g/mol. The number of halogens is 3. The van der Waals surface area contributed by atoms with Gasteiger partial charge in [0.2, 0.25) is 5.76 Å². The second-order valence-electron chi connectivity index (χ2n) is 4.26. The number of ether oxygens (including phenoxy) is 1. The van der Waals surface area contributed by atoms with E-state index >= 15 is 0 Å². The van der Waals surface area contributed by atoms with Crippen molar-refractivity contribution in [1.82, 2.24) is 0 Å². The van der Waals surface area contributed by atoms with Gasteiger partial charge in [0.05, 0.1) is 10.7 Å². The molecule has 1 unspecified atom stereocenters. The van der Waals surface area contributed by atoms with Gasteiger partial charge in [0.25, 0.3) is 5.91 Å². The predicted octanol–water partition coefficient (Wildman–Crippen LogP) is 4.53. The van der Waals surface area contributed by atoms with Gasteiger partial charge in [-0.3, -0.25) is 4.79 Å². The number of carbonyl (C=O) groups excluding carboxylic acids is 2.